The van der Waals surface area contributed by atoms with Crippen LogP contribution in [0.2, 0.25) is 25.8 Å². The predicted molar refractivity (Wildman–Crippen MR) is 384 cm³/mol. The molecule has 0 bridgehead atoms. The summed E-state index contributed by atoms with van der Waals surface area (Å²) in [6, 6.07) is 39.4. The average Bonchev–Trinajstić information content (AvgIpc) is 0.834. The fourth-order valence-corrected chi connectivity index (χ4v) is 10.6. The van der Waals surface area contributed by atoms with Crippen LogP contribution in [0, 0.1) is 78.7 Å². The summed E-state index contributed by atoms with van der Waals surface area (Å²) in [6.07, 6.45) is 4.80. The molecule has 0 amide bonds. The van der Waals surface area contributed by atoms with E-state index in [0.717, 1.165) is 94.2 Å². The average molecular weight is 1480 g/mol. The van der Waals surface area contributed by atoms with Gasteiger partial charge in [-0.25, -0.2) is 42.5 Å². The number of β-amino-alcohol motifs (C(OH)–C–C–N with tert-alkyl or cyclic N) is 2. The third-order valence-electron chi connectivity index (χ3n) is 14.4. The van der Waals surface area contributed by atoms with E-state index in [-0.39, 0.29) is 72.3 Å². The van der Waals surface area contributed by atoms with Gasteiger partial charge in [0.25, 0.3) is 5.69 Å². The smallest absolute Gasteiger partial charge is 0.273 e. The fourth-order valence-electron chi connectivity index (χ4n) is 9.54. The van der Waals surface area contributed by atoms with Gasteiger partial charge in [-0.15, -0.1) is 0 Å². The Morgan fingerprint density at radius 3 is 1.40 bits per heavy atom. The SMILES string of the molecule is Clc1ccnc(Cl)n1.N#CCc1cc(F)ccc1N.N#CCc1cc(F)ccc1Nc1ccnc(Cl)n1.N#CCc1cc(F)ccc1Nc1ccnc(Nc2ccc(N3CCN(CCO)CC3)c(Cl)c2)n1.N#CCc1cc(F)ccc1[N+](=O)[O-].Nc1ccc(N2CCN(CCO)CC2)c(Cl)c1. The molecule has 3 aromatic heterocycles. The van der Waals surface area contributed by atoms with E-state index >= 15 is 0 Å². The maximum Gasteiger partial charge on any atom is 0.273 e. The summed E-state index contributed by atoms with van der Waals surface area (Å²) in [5.41, 5.74) is 17.8. The summed E-state index contributed by atoms with van der Waals surface area (Å²) in [7, 11) is 0. The lowest BCUT2D eigenvalue weighted by Gasteiger charge is -2.36. The first kappa shape index (κ1) is 79.5. The van der Waals surface area contributed by atoms with Crippen molar-refractivity contribution in [2.24, 2.45) is 0 Å². The Labute approximate surface area is 604 Å². The van der Waals surface area contributed by atoms with Gasteiger partial charge in [-0.3, -0.25) is 19.9 Å². The number of benzene rings is 6. The van der Waals surface area contributed by atoms with E-state index in [9.17, 15) is 27.7 Å². The predicted octanol–water partition coefficient (Wildman–Crippen LogP) is 13.1. The quantitative estimate of drug-likeness (QED) is 0.0111. The van der Waals surface area contributed by atoms with Gasteiger partial charge in [0.2, 0.25) is 16.5 Å². The summed E-state index contributed by atoms with van der Waals surface area (Å²) in [5, 5.41) is 74.0. The topological polar surface area (TPSA) is 357 Å². The number of nitrogens with two attached hydrogens (primary N) is 2. The minimum absolute atomic E-state index is 0.0810. The Balaban J connectivity index is 0.000000205. The van der Waals surface area contributed by atoms with E-state index in [0.29, 0.717) is 78.8 Å². The van der Waals surface area contributed by atoms with Crippen molar-refractivity contribution in [3.8, 4) is 24.3 Å². The standard InChI is InChI=1S/C24H25ClFN7O.C12H8ClFN4.C12H18ClN3O.C8H5FN2O2.C8H7FN2.C4H2Cl2N2/c25-20-16-19(2-4-22(20)33-11-9-32(10-12-33)13-14-34)29-24-28-8-6-23(31-24)30-21-3-1-18(26)15-17(21)5-7-27;13-12-16-6-4-11(18-12)17-10-2-1-9(14)7-8(10)3-5-15;13-11-9-10(14)1-2-12(11)16-5-3-15(4-6-16)7-8-17;9-7-1-2-8(11(12)13)6(5-7)3-4-10;9-7-1-2-8(11)6(5-7)3-4-10;5-3-1-2-7-4(6)8-3/h1-4,6,8,15-16,34H,5,9-14H2,(H2,28,29,30,31);1-2,4,6-7H,3H2,(H,16,17,18);1-2,9,17H,3-8,14H2;1-2,5H,3H2;1-2,5H,3,11H2;1-2H. The van der Waals surface area contributed by atoms with Crippen molar-refractivity contribution in [2.75, 3.05) is 116 Å². The molecule has 2 aliphatic heterocycles. The number of aliphatic hydroxyl groups excluding tert-OH is 2. The Morgan fingerprint density at radius 1 is 0.495 bits per heavy atom. The molecule has 0 unspecified atom stereocenters. The molecule has 2 aliphatic rings. The zero-order chi connectivity index (χ0) is 73.2. The molecule has 2 fully saturated rings. The molecule has 6 aromatic carbocycles. The number of piperazine rings is 2. The van der Waals surface area contributed by atoms with E-state index in [1.54, 1.807) is 48.7 Å². The number of hydrogen-bond acceptors (Lipinski definition) is 23. The van der Waals surface area contributed by atoms with Crippen LogP contribution in [-0.2, 0) is 25.7 Å². The number of nitrogen functional groups attached to an aromatic ring is 2. The highest BCUT2D eigenvalue weighted by atomic mass is 35.5. The highest BCUT2D eigenvalue weighted by Crippen LogP contribution is 2.32. The van der Waals surface area contributed by atoms with Crippen molar-refractivity contribution in [3.05, 3.63) is 227 Å². The highest BCUT2D eigenvalue weighted by molar-refractivity contribution is 6.34. The zero-order valence-corrected chi connectivity index (χ0v) is 57.4. The monoisotopic (exact) mass is 1480 g/mol. The summed E-state index contributed by atoms with van der Waals surface area (Å²) >= 11 is 29.2. The number of nitrogens with zero attached hydrogens (tertiary/aromatic N) is 15. The molecule has 11 rings (SSSR count). The molecule has 0 aliphatic carbocycles. The normalized spacial score (nSPS) is 12.3. The summed E-state index contributed by atoms with van der Waals surface area (Å²) in [6.45, 7) is 9.09. The number of halogens is 9. The molecule has 0 saturated carbocycles. The molecule has 101 heavy (non-hydrogen) atoms. The molecule has 33 heteroatoms. The fraction of sp³-hybridized carbons (Fsp3) is 0.235. The second-order valence-corrected chi connectivity index (χ2v) is 23.2. The van der Waals surface area contributed by atoms with Crippen LogP contribution < -0.4 is 37.2 Å². The summed E-state index contributed by atoms with van der Waals surface area (Å²) in [5.74, 6) is -0.344. The van der Waals surface area contributed by atoms with Crippen LogP contribution in [0.4, 0.5) is 80.6 Å². The Kier molecular flexibility index (Phi) is 32.9. The lowest BCUT2D eigenvalue weighted by molar-refractivity contribution is -0.385. The number of nitro benzene ring substituents is 1. The molecule has 24 nitrogen and oxygen atoms in total. The minimum Gasteiger partial charge on any atom is -0.399 e. The van der Waals surface area contributed by atoms with Crippen molar-refractivity contribution in [2.45, 2.75) is 25.7 Å². The van der Waals surface area contributed by atoms with E-state index in [1.807, 2.05) is 48.5 Å². The minimum atomic E-state index is -0.633. The molecule has 9 N–H and O–H groups in total. The second kappa shape index (κ2) is 41.8. The van der Waals surface area contributed by atoms with E-state index in [4.69, 9.17) is 101 Å². The van der Waals surface area contributed by atoms with Crippen LogP contribution in [0.5, 0.6) is 0 Å². The number of aromatic nitrogens is 6. The molecule has 524 valence electrons. The molecule has 9 aromatic rings. The van der Waals surface area contributed by atoms with Crippen LogP contribution in [0.15, 0.2) is 146 Å². The van der Waals surface area contributed by atoms with Gasteiger partial charge in [-0.1, -0.05) is 34.8 Å². The number of anilines is 10. The van der Waals surface area contributed by atoms with Crippen LogP contribution >= 0.6 is 58.0 Å². The Bertz CT molecular complexity index is 4370. The highest BCUT2D eigenvalue weighted by Gasteiger charge is 2.21. The van der Waals surface area contributed by atoms with Crippen molar-refractivity contribution >= 4 is 121 Å². The zero-order valence-electron chi connectivity index (χ0n) is 53.6. The van der Waals surface area contributed by atoms with E-state index < -0.39 is 16.6 Å². The molecule has 0 atom stereocenters. The first-order chi connectivity index (χ1) is 48.6. The van der Waals surface area contributed by atoms with Crippen molar-refractivity contribution < 1.29 is 32.7 Å². The molecule has 0 spiro atoms. The van der Waals surface area contributed by atoms with Gasteiger partial charge in [-0.05, 0) is 161 Å². The molecule has 2 saturated heterocycles. The number of nitrogens with one attached hydrogen (secondary N) is 3. The molecule has 5 heterocycles. The number of aliphatic hydroxyl groups is 2. The maximum atomic E-state index is 13.5. The van der Waals surface area contributed by atoms with Crippen LogP contribution in [0.3, 0.4) is 0 Å². The van der Waals surface area contributed by atoms with Gasteiger partial charge in [0.15, 0.2) is 0 Å². The number of nitro groups is 1. The van der Waals surface area contributed by atoms with Gasteiger partial charge in [-0.2, -0.15) is 26.0 Å². The van der Waals surface area contributed by atoms with E-state index in [1.165, 1.54) is 54.9 Å². The molecular weight excluding hydrogens is 1410 g/mol. The van der Waals surface area contributed by atoms with Crippen LogP contribution in [-0.4, -0.2) is 134 Å². The van der Waals surface area contributed by atoms with Gasteiger partial charge < -0.3 is 47.4 Å². The largest absolute Gasteiger partial charge is 0.399 e. The lowest BCUT2D eigenvalue weighted by Crippen LogP contribution is -2.47. The number of hydrogen-bond donors (Lipinski definition) is 7. The maximum absolute atomic E-state index is 13.5. The molecular formula is C68H65Cl5F4N20O4. The van der Waals surface area contributed by atoms with E-state index in [2.05, 4.69) is 65.5 Å². The number of nitriles is 4. The Hall–Kier alpha value is -10.5. The summed E-state index contributed by atoms with van der Waals surface area (Å²) in [4.78, 5) is 42.4. The van der Waals surface area contributed by atoms with Gasteiger partial charge in [0.05, 0.1) is 89.5 Å². The first-order valence-electron chi connectivity index (χ1n) is 30.4. The van der Waals surface area contributed by atoms with Crippen molar-refractivity contribution in [1.82, 2.24) is 39.7 Å². The molecule has 0 radical (unpaired) electrons. The van der Waals surface area contributed by atoms with Crippen molar-refractivity contribution in [3.63, 3.8) is 0 Å². The third-order valence-corrected chi connectivity index (χ3v) is 15.6. The van der Waals surface area contributed by atoms with Crippen LogP contribution in [0.1, 0.15) is 22.3 Å². The number of rotatable bonds is 17. The Morgan fingerprint density at radius 2 is 0.931 bits per heavy atom. The third kappa shape index (κ3) is 27.0. The second-order valence-electron chi connectivity index (χ2n) is 21.3. The van der Waals surface area contributed by atoms with Gasteiger partial charge >= 0.3 is 0 Å². The summed E-state index contributed by atoms with van der Waals surface area (Å²) < 4.78 is 51.7. The van der Waals surface area contributed by atoms with Crippen molar-refractivity contribution in [1.29, 1.82) is 21.0 Å². The van der Waals surface area contributed by atoms with Gasteiger partial charge in [0.1, 0.15) is 40.1 Å². The van der Waals surface area contributed by atoms with Crippen LogP contribution in [0.25, 0.3) is 0 Å². The lowest BCUT2D eigenvalue weighted by atomic mass is 10.1. The van der Waals surface area contributed by atoms with Gasteiger partial charge in [0, 0.05) is 124 Å². The first-order valence-corrected chi connectivity index (χ1v) is 32.3.